The van der Waals surface area contributed by atoms with Crippen molar-refractivity contribution >= 4 is 0 Å². The number of rotatable bonds is 17. The Hall–Kier alpha value is -0.340. The summed E-state index contributed by atoms with van der Waals surface area (Å²) in [4.78, 5) is 0. The summed E-state index contributed by atoms with van der Waals surface area (Å²) in [5, 5.41) is 8.91. The Morgan fingerprint density at radius 1 is 0.818 bits per heavy atom. The lowest BCUT2D eigenvalue weighted by Gasteiger charge is -2.15. The lowest BCUT2D eigenvalue weighted by atomic mass is 10.1. The number of hydrogen-bond donors (Lipinski definition) is 1. The molecule has 22 heavy (non-hydrogen) atoms. The molecule has 2 nitrogen and oxygen atoms in total. The molecule has 0 aliphatic heterocycles. The van der Waals surface area contributed by atoms with E-state index < -0.39 is 0 Å². The average Bonchev–Trinajstić information content (AvgIpc) is 2.54. The molecule has 0 aliphatic rings. The molecule has 0 saturated carbocycles. The highest BCUT2D eigenvalue weighted by Gasteiger charge is 2.06. The number of allylic oxidation sites excluding steroid dienone is 1. The van der Waals surface area contributed by atoms with Gasteiger partial charge in [-0.1, -0.05) is 83.8 Å². The first-order valence-electron chi connectivity index (χ1n) is 9.72. The van der Waals surface area contributed by atoms with Crippen LogP contribution in [0.4, 0.5) is 0 Å². The SMILES string of the molecule is CCCCCCCCC=CCC(CCCCCC)OCCO. The minimum atomic E-state index is 0.132. The minimum Gasteiger partial charge on any atom is -0.394 e. The monoisotopic (exact) mass is 312 g/mol. The Morgan fingerprint density at radius 3 is 2.14 bits per heavy atom. The number of ether oxygens (including phenoxy) is 1. The van der Waals surface area contributed by atoms with Gasteiger partial charge in [0.25, 0.3) is 0 Å². The summed E-state index contributed by atoms with van der Waals surface area (Å²) in [6.45, 7) is 5.11. The Kier molecular flexibility index (Phi) is 18.4. The number of hydrogen-bond acceptors (Lipinski definition) is 2. The molecule has 132 valence electrons. The van der Waals surface area contributed by atoms with Crippen LogP contribution in [0, 0.1) is 0 Å². The fraction of sp³-hybridized carbons (Fsp3) is 0.900. The van der Waals surface area contributed by atoms with Crippen LogP contribution in [0.3, 0.4) is 0 Å². The summed E-state index contributed by atoms with van der Waals surface area (Å²) in [7, 11) is 0. The molecule has 0 amide bonds. The van der Waals surface area contributed by atoms with E-state index in [2.05, 4.69) is 26.0 Å². The number of aliphatic hydroxyl groups excluding tert-OH is 1. The van der Waals surface area contributed by atoms with Crippen molar-refractivity contribution in [1.29, 1.82) is 0 Å². The van der Waals surface area contributed by atoms with E-state index in [1.165, 1.54) is 70.6 Å². The van der Waals surface area contributed by atoms with Crippen molar-refractivity contribution in [2.24, 2.45) is 0 Å². The van der Waals surface area contributed by atoms with E-state index in [9.17, 15) is 0 Å². The van der Waals surface area contributed by atoms with Crippen LogP contribution in [0.25, 0.3) is 0 Å². The van der Waals surface area contributed by atoms with Gasteiger partial charge < -0.3 is 9.84 Å². The first kappa shape index (κ1) is 21.7. The molecule has 2 heteroatoms. The average molecular weight is 313 g/mol. The van der Waals surface area contributed by atoms with Crippen LogP contribution in [0.5, 0.6) is 0 Å². The minimum absolute atomic E-state index is 0.132. The Bertz CT molecular complexity index is 226. The van der Waals surface area contributed by atoms with Gasteiger partial charge in [0.1, 0.15) is 0 Å². The molecule has 0 aliphatic carbocycles. The zero-order valence-electron chi connectivity index (χ0n) is 15.2. The summed E-state index contributed by atoms with van der Waals surface area (Å²) in [6, 6.07) is 0. The molecule has 0 rings (SSSR count). The van der Waals surface area contributed by atoms with Gasteiger partial charge in [-0.05, 0) is 25.7 Å². The van der Waals surface area contributed by atoms with Gasteiger partial charge in [0, 0.05) is 0 Å². The molecule has 0 aromatic carbocycles. The van der Waals surface area contributed by atoms with E-state index in [0.29, 0.717) is 12.7 Å². The van der Waals surface area contributed by atoms with Crippen LogP contribution in [-0.4, -0.2) is 24.4 Å². The molecule has 1 N–H and O–H groups in total. The van der Waals surface area contributed by atoms with Crippen molar-refractivity contribution in [3.63, 3.8) is 0 Å². The maximum Gasteiger partial charge on any atom is 0.0701 e. The van der Waals surface area contributed by atoms with Crippen LogP contribution >= 0.6 is 0 Å². The molecular formula is C20H40O2. The fourth-order valence-corrected chi connectivity index (χ4v) is 2.70. The maximum absolute atomic E-state index is 8.91. The van der Waals surface area contributed by atoms with Gasteiger partial charge in [-0.2, -0.15) is 0 Å². The van der Waals surface area contributed by atoms with Crippen molar-refractivity contribution in [3.8, 4) is 0 Å². The van der Waals surface area contributed by atoms with Crippen LogP contribution in [0.15, 0.2) is 12.2 Å². The summed E-state index contributed by atoms with van der Waals surface area (Å²) in [6.07, 6.45) is 21.6. The van der Waals surface area contributed by atoms with Crippen molar-refractivity contribution in [2.45, 2.75) is 103 Å². The molecule has 0 bridgehead atoms. The van der Waals surface area contributed by atoms with E-state index >= 15 is 0 Å². The van der Waals surface area contributed by atoms with Gasteiger partial charge in [-0.15, -0.1) is 0 Å². The first-order chi connectivity index (χ1) is 10.8. The smallest absolute Gasteiger partial charge is 0.0701 e. The van der Waals surface area contributed by atoms with E-state index in [-0.39, 0.29) is 6.61 Å². The van der Waals surface area contributed by atoms with Crippen molar-refractivity contribution in [1.82, 2.24) is 0 Å². The first-order valence-corrected chi connectivity index (χ1v) is 9.72. The van der Waals surface area contributed by atoms with E-state index in [1.807, 2.05) is 0 Å². The summed E-state index contributed by atoms with van der Waals surface area (Å²) < 4.78 is 5.74. The third kappa shape index (κ3) is 16.0. The molecular weight excluding hydrogens is 272 g/mol. The van der Waals surface area contributed by atoms with Gasteiger partial charge >= 0.3 is 0 Å². The van der Waals surface area contributed by atoms with Crippen molar-refractivity contribution < 1.29 is 9.84 Å². The zero-order valence-corrected chi connectivity index (χ0v) is 15.2. The molecule has 0 spiro atoms. The molecule has 0 fully saturated rings. The zero-order chi connectivity index (χ0) is 16.3. The van der Waals surface area contributed by atoms with Gasteiger partial charge in [0.15, 0.2) is 0 Å². The lowest BCUT2D eigenvalue weighted by Crippen LogP contribution is -2.14. The molecule has 0 aromatic heterocycles. The highest BCUT2D eigenvalue weighted by Crippen LogP contribution is 2.13. The van der Waals surface area contributed by atoms with Gasteiger partial charge in [-0.3, -0.25) is 0 Å². The third-order valence-corrected chi connectivity index (χ3v) is 4.11. The molecule has 1 unspecified atom stereocenters. The standard InChI is InChI=1S/C20H40O2/c1-3-5-7-9-10-11-12-13-15-17-20(22-19-18-21)16-14-8-6-4-2/h13,15,20-21H,3-12,14,16-19H2,1-2H3. The second-order valence-corrected chi connectivity index (χ2v) is 6.33. The van der Waals surface area contributed by atoms with Crippen molar-refractivity contribution in [3.05, 3.63) is 12.2 Å². The molecule has 0 heterocycles. The maximum atomic E-state index is 8.91. The normalized spacial score (nSPS) is 13.0. The predicted molar refractivity (Wildman–Crippen MR) is 97.3 cm³/mol. The topological polar surface area (TPSA) is 29.5 Å². The van der Waals surface area contributed by atoms with Crippen molar-refractivity contribution in [2.75, 3.05) is 13.2 Å². The highest BCUT2D eigenvalue weighted by atomic mass is 16.5. The predicted octanol–water partition coefficient (Wildman–Crippen LogP) is 6.03. The number of unbranched alkanes of at least 4 members (excludes halogenated alkanes) is 9. The Labute approximate surface area is 139 Å². The van der Waals surface area contributed by atoms with Crippen LogP contribution in [0.2, 0.25) is 0 Å². The van der Waals surface area contributed by atoms with Crippen LogP contribution in [0.1, 0.15) is 97.3 Å². The van der Waals surface area contributed by atoms with E-state index in [4.69, 9.17) is 9.84 Å². The van der Waals surface area contributed by atoms with Gasteiger partial charge in [0.2, 0.25) is 0 Å². The summed E-state index contributed by atoms with van der Waals surface area (Å²) in [5.74, 6) is 0. The van der Waals surface area contributed by atoms with E-state index in [1.54, 1.807) is 0 Å². The summed E-state index contributed by atoms with van der Waals surface area (Å²) >= 11 is 0. The second kappa shape index (κ2) is 18.7. The quantitative estimate of drug-likeness (QED) is 0.262. The largest absolute Gasteiger partial charge is 0.394 e. The highest BCUT2D eigenvalue weighted by molar-refractivity contribution is 4.84. The van der Waals surface area contributed by atoms with Gasteiger partial charge in [-0.25, -0.2) is 0 Å². The molecule has 0 radical (unpaired) electrons. The van der Waals surface area contributed by atoms with Crippen LogP contribution < -0.4 is 0 Å². The van der Waals surface area contributed by atoms with Crippen LogP contribution in [-0.2, 0) is 4.74 Å². The Morgan fingerprint density at radius 2 is 1.45 bits per heavy atom. The summed E-state index contributed by atoms with van der Waals surface area (Å²) in [5.41, 5.74) is 0. The number of aliphatic hydroxyl groups is 1. The Balaban J connectivity index is 3.64. The molecule has 0 saturated heterocycles. The second-order valence-electron chi connectivity index (χ2n) is 6.33. The fourth-order valence-electron chi connectivity index (χ4n) is 2.70. The lowest BCUT2D eigenvalue weighted by molar-refractivity contribution is 0.0245. The molecule has 0 aromatic rings. The molecule has 1 atom stereocenters. The van der Waals surface area contributed by atoms with Gasteiger partial charge in [0.05, 0.1) is 19.3 Å². The third-order valence-electron chi connectivity index (χ3n) is 4.11. The van der Waals surface area contributed by atoms with E-state index in [0.717, 1.165) is 12.8 Å².